The number of H-pyrrole nitrogens is 2. The van der Waals surface area contributed by atoms with Crippen molar-refractivity contribution in [1.29, 1.82) is 0 Å². The second-order valence-electron chi connectivity index (χ2n) is 7.44. The molecule has 33 heavy (non-hydrogen) atoms. The third-order valence-corrected chi connectivity index (χ3v) is 5.43. The van der Waals surface area contributed by atoms with Gasteiger partial charge >= 0.3 is 0 Å². The summed E-state index contributed by atoms with van der Waals surface area (Å²) in [7, 11) is 1.50. The second kappa shape index (κ2) is 7.49. The number of pyridine rings is 3. The smallest absolute Gasteiger partial charge is 0.159 e. The highest BCUT2D eigenvalue weighted by molar-refractivity contribution is 5.96. The number of hydrogen-bond acceptors (Lipinski definition) is 6. The Morgan fingerprint density at radius 1 is 0.879 bits per heavy atom. The number of rotatable bonds is 4. The molecular formula is C24H16FN7O. The van der Waals surface area contributed by atoms with E-state index in [9.17, 15) is 4.39 Å². The van der Waals surface area contributed by atoms with Crippen molar-refractivity contribution in [2.24, 2.45) is 0 Å². The average molecular weight is 437 g/mol. The first-order valence-corrected chi connectivity index (χ1v) is 10.1. The Bertz CT molecular complexity index is 1620. The van der Waals surface area contributed by atoms with Crippen LogP contribution in [-0.2, 0) is 0 Å². The molecule has 9 heteroatoms. The maximum absolute atomic E-state index is 14.1. The number of methoxy groups -OCH3 is 1. The van der Waals surface area contributed by atoms with Crippen molar-refractivity contribution in [2.75, 3.05) is 7.11 Å². The van der Waals surface area contributed by atoms with Crippen LogP contribution in [0.3, 0.4) is 0 Å². The topological polar surface area (TPSA) is 105 Å². The van der Waals surface area contributed by atoms with E-state index in [1.807, 2.05) is 24.3 Å². The number of aromatic amines is 2. The van der Waals surface area contributed by atoms with E-state index in [4.69, 9.17) is 9.72 Å². The Balaban J connectivity index is 1.50. The minimum absolute atomic E-state index is 0.409. The van der Waals surface area contributed by atoms with Crippen LogP contribution >= 0.6 is 0 Å². The van der Waals surface area contributed by atoms with Gasteiger partial charge in [-0.2, -0.15) is 5.10 Å². The third-order valence-electron chi connectivity index (χ3n) is 5.43. The van der Waals surface area contributed by atoms with E-state index in [1.54, 1.807) is 30.9 Å². The first kappa shape index (κ1) is 19.1. The molecule has 2 N–H and O–H groups in total. The molecule has 160 valence electrons. The van der Waals surface area contributed by atoms with Crippen molar-refractivity contribution in [3.63, 3.8) is 0 Å². The zero-order chi connectivity index (χ0) is 22.4. The molecule has 0 radical (unpaired) electrons. The van der Waals surface area contributed by atoms with Gasteiger partial charge in [0.05, 0.1) is 35.7 Å². The first-order valence-electron chi connectivity index (χ1n) is 10.1. The molecule has 0 amide bonds. The molecule has 0 saturated heterocycles. The van der Waals surface area contributed by atoms with Crippen LogP contribution in [0.2, 0.25) is 0 Å². The normalized spacial score (nSPS) is 11.3. The molecule has 5 heterocycles. The molecule has 0 unspecified atom stereocenters. The van der Waals surface area contributed by atoms with E-state index < -0.39 is 5.82 Å². The Morgan fingerprint density at radius 2 is 1.76 bits per heavy atom. The lowest BCUT2D eigenvalue weighted by molar-refractivity contribution is 0.411. The van der Waals surface area contributed by atoms with E-state index in [0.717, 1.165) is 27.7 Å². The zero-order valence-electron chi connectivity index (χ0n) is 17.4. The summed E-state index contributed by atoms with van der Waals surface area (Å²) in [4.78, 5) is 21.1. The zero-order valence-corrected chi connectivity index (χ0v) is 17.4. The lowest BCUT2D eigenvalue weighted by Crippen LogP contribution is -1.90. The maximum atomic E-state index is 14.1. The molecule has 0 aliphatic rings. The summed E-state index contributed by atoms with van der Waals surface area (Å²) >= 11 is 0. The van der Waals surface area contributed by atoms with Crippen LogP contribution in [0.5, 0.6) is 5.75 Å². The Labute approximate surface area is 186 Å². The molecule has 8 nitrogen and oxygen atoms in total. The number of nitrogens with one attached hydrogen (secondary N) is 2. The quantitative estimate of drug-likeness (QED) is 0.411. The summed E-state index contributed by atoms with van der Waals surface area (Å²) in [5, 5.41) is 8.35. The molecular weight excluding hydrogens is 421 g/mol. The Kier molecular flexibility index (Phi) is 4.32. The minimum Gasteiger partial charge on any atom is -0.497 e. The van der Waals surface area contributed by atoms with Crippen molar-refractivity contribution in [3.8, 4) is 39.8 Å². The molecule has 5 aromatic heterocycles. The van der Waals surface area contributed by atoms with Crippen molar-refractivity contribution >= 4 is 21.9 Å². The number of hydrogen-bond donors (Lipinski definition) is 2. The SMILES string of the molecule is COc1cc(F)cc(-c2nccc3[nH]c(-c4n[nH]c5cnc(-c6ccncc6)cc45)nc23)c1. The van der Waals surface area contributed by atoms with Gasteiger partial charge in [0.25, 0.3) is 0 Å². The van der Waals surface area contributed by atoms with Crippen molar-refractivity contribution in [3.05, 3.63) is 73.1 Å². The van der Waals surface area contributed by atoms with Gasteiger partial charge in [-0.05, 0) is 36.4 Å². The van der Waals surface area contributed by atoms with Gasteiger partial charge in [-0.25, -0.2) is 9.37 Å². The molecule has 1 aromatic carbocycles. The molecule has 0 saturated carbocycles. The van der Waals surface area contributed by atoms with Gasteiger partial charge in [0.1, 0.15) is 22.8 Å². The number of benzene rings is 1. The maximum Gasteiger partial charge on any atom is 0.159 e. The molecule has 0 aliphatic carbocycles. The van der Waals surface area contributed by atoms with Gasteiger partial charge < -0.3 is 9.72 Å². The molecule has 0 atom stereocenters. The van der Waals surface area contributed by atoms with Gasteiger partial charge in [-0.3, -0.25) is 20.1 Å². The van der Waals surface area contributed by atoms with E-state index in [2.05, 4.69) is 30.1 Å². The average Bonchev–Trinajstić information content (AvgIpc) is 3.47. The van der Waals surface area contributed by atoms with Crippen LogP contribution in [0.15, 0.2) is 67.3 Å². The fourth-order valence-electron chi connectivity index (χ4n) is 3.85. The summed E-state index contributed by atoms with van der Waals surface area (Å²) < 4.78 is 19.3. The predicted molar refractivity (Wildman–Crippen MR) is 122 cm³/mol. The number of imidazole rings is 1. The number of ether oxygens (including phenoxy) is 1. The van der Waals surface area contributed by atoms with Crippen molar-refractivity contribution < 1.29 is 9.13 Å². The highest BCUT2D eigenvalue weighted by Crippen LogP contribution is 2.32. The summed E-state index contributed by atoms with van der Waals surface area (Å²) in [6.07, 6.45) is 6.86. The molecule has 0 fully saturated rings. The molecule has 0 aliphatic heterocycles. The standard InChI is InChI=1S/C24H16FN7O/c1-33-16-9-14(8-15(25)10-16)21-23-18(4-7-27-21)29-24(30-23)22-17-11-19(13-2-5-26-6-3-13)28-12-20(17)31-32-22/h2-12H,1H3,(H,29,30)(H,31,32). The molecule has 6 rings (SSSR count). The van der Waals surface area contributed by atoms with Crippen LogP contribution < -0.4 is 4.74 Å². The largest absolute Gasteiger partial charge is 0.497 e. The van der Waals surface area contributed by atoms with Crippen LogP contribution in [0, 0.1) is 5.82 Å². The van der Waals surface area contributed by atoms with Crippen LogP contribution in [-0.4, -0.2) is 42.2 Å². The molecule has 6 aromatic rings. The lowest BCUT2D eigenvalue weighted by Gasteiger charge is -2.05. The number of fused-ring (bicyclic) bond motifs is 2. The minimum atomic E-state index is -0.409. The fourth-order valence-corrected chi connectivity index (χ4v) is 3.85. The van der Waals surface area contributed by atoms with E-state index in [0.29, 0.717) is 34.0 Å². The summed E-state index contributed by atoms with van der Waals surface area (Å²) in [6.45, 7) is 0. The summed E-state index contributed by atoms with van der Waals surface area (Å²) in [5.41, 5.74) is 5.70. The van der Waals surface area contributed by atoms with Crippen LogP contribution in [0.4, 0.5) is 4.39 Å². The predicted octanol–water partition coefficient (Wildman–Crippen LogP) is 4.77. The second-order valence-corrected chi connectivity index (χ2v) is 7.44. The van der Waals surface area contributed by atoms with Crippen molar-refractivity contribution in [2.45, 2.75) is 0 Å². The highest BCUT2D eigenvalue weighted by atomic mass is 19.1. The Hall–Kier alpha value is -4.66. The van der Waals surface area contributed by atoms with E-state index in [-0.39, 0.29) is 0 Å². The molecule has 0 bridgehead atoms. The number of nitrogens with zero attached hydrogens (tertiary/aromatic N) is 5. The summed E-state index contributed by atoms with van der Waals surface area (Å²) in [6, 6.07) is 12.1. The first-order chi connectivity index (χ1) is 16.2. The third kappa shape index (κ3) is 3.26. The van der Waals surface area contributed by atoms with Crippen LogP contribution in [0.25, 0.3) is 56.0 Å². The van der Waals surface area contributed by atoms with E-state index in [1.165, 1.54) is 19.2 Å². The fraction of sp³-hybridized carbons (Fsp3) is 0.0417. The highest BCUT2D eigenvalue weighted by Gasteiger charge is 2.17. The van der Waals surface area contributed by atoms with Crippen LogP contribution in [0.1, 0.15) is 0 Å². The van der Waals surface area contributed by atoms with Gasteiger partial charge in [-0.1, -0.05) is 0 Å². The van der Waals surface area contributed by atoms with Gasteiger partial charge in [0.2, 0.25) is 0 Å². The number of aromatic nitrogens is 7. The van der Waals surface area contributed by atoms with Gasteiger partial charge in [0, 0.05) is 41.2 Å². The van der Waals surface area contributed by atoms with E-state index >= 15 is 0 Å². The van der Waals surface area contributed by atoms with Gasteiger partial charge in [0.15, 0.2) is 5.82 Å². The van der Waals surface area contributed by atoms with Gasteiger partial charge in [-0.15, -0.1) is 0 Å². The number of halogens is 1. The Morgan fingerprint density at radius 3 is 2.61 bits per heavy atom. The van der Waals surface area contributed by atoms with Crippen molar-refractivity contribution in [1.82, 2.24) is 35.1 Å². The molecule has 0 spiro atoms. The lowest BCUT2D eigenvalue weighted by atomic mass is 10.1. The monoisotopic (exact) mass is 437 g/mol. The summed E-state index contributed by atoms with van der Waals surface area (Å²) in [5.74, 6) is 0.572.